The third-order valence-corrected chi connectivity index (χ3v) is 2.69. The van der Waals surface area contributed by atoms with E-state index in [1.165, 1.54) is 0 Å². The Bertz CT molecular complexity index is 434. The zero-order valence-electron chi connectivity index (χ0n) is 8.70. The average molecular weight is 309 g/mol. The van der Waals surface area contributed by atoms with Crippen molar-refractivity contribution in [1.82, 2.24) is 4.98 Å². The summed E-state index contributed by atoms with van der Waals surface area (Å²) in [6.07, 6.45) is -5.12. The van der Waals surface area contributed by atoms with Crippen LogP contribution in [-0.4, -0.2) is 11.1 Å². The summed E-state index contributed by atoms with van der Waals surface area (Å²) >= 11 is 16.8. The van der Waals surface area contributed by atoms with Crippen molar-refractivity contribution in [2.24, 2.45) is 0 Å². The minimum absolute atomic E-state index is 0.238. The van der Waals surface area contributed by atoms with Gasteiger partial charge in [0.25, 0.3) is 0 Å². The molecule has 1 rings (SSSR count). The first-order valence-electron chi connectivity index (χ1n) is 4.43. The fraction of sp³-hybridized carbons (Fsp3) is 0.444. The van der Waals surface area contributed by atoms with Gasteiger partial charge in [-0.05, 0) is 13.8 Å². The highest BCUT2D eigenvalue weighted by Crippen LogP contribution is 2.44. The molecule has 1 heterocycles. The van der Waals surface area contributed by atoms with E-state index in [4.69, 9.17) is 39.5 Å². The molecule has 0 radical (unpaired) electrons. The van der Waals surface area contributed by atoms with E-state index in [1.54, 1.807) is 13.8 Å². The molecule has 0 saturated carbocycles. The van der Waals surface area contributed by atoms with E-state index in [0.29, 0.717) is 0 Å². The van der Waals surface area contributed by atoms with Gasteiger partial charge in [0.15, 0.2) is 16.6 Å². The molecular weight excluding hydrogens is 301 g/mol. The van der Waals surface area contributed by atoms with Gasteiger partial charge >= 0.3 is 6.18 Å². The Balaban J connectivity index is 3.43. The molecule has 0 atom stereocenters. The summed E-state index contributed by atoms with van der Waals surface area (Å²) in [4.78, 5) is 3.11. The molecule has 96 valence electrons. The Morgan fingerprint density at radius 1 is 1.12 bits per heavy atom. The van der Waals surface area contributed by atoms with Gasteiger partial charge in [0.05, 0.1) is 6.10 Å². The van der Waals surface area contributed by atoms with E-state index in [0.717, 1.165) is 0 Å². The van der Waals surface area contributed by atoms with Crippen LogP contribution in [0.1, 0.15) is 19.5 Å². The standard InChI is InChI=1S/C9H7Cl3F3NO/c1-3(2)17-6-4(10)7(9(13,14)15)16-8(12)5(6)11/h3H,1-2H3. The molecular formula is C9H7Cl3F3NO. The second-order valence-corrected chi connectivity index (χ2v) is 4.49. The molecule has 1 aromatic heterocycles. The van der Waals surface area contributed by atoms with Gasteiger partial charge in [-0.3, -0.25) is 0 Å². The molecule has 8 heteroatoms. The largest absolute Gasteiger partial charge is 0.488 e. The number of halogens is 6. The van der Waals surface area contributed by atoms with Crippen molar-refractivity contribution in [3.8, 4) is 5.75 Å². The van der Waals surface area contributed by atoms with Gasteiger partial charge in [-0.15, -0.1) is 0 Å². The first-order valence-corrected chi connectivity index (χ1v) is 5.56. The van der Waals surface area contributed by atoms with Crippen molar-refractivity contribution in [3.05, 3.63) is 20.9 Å². The fourth-order valence-electron chi connectivity index (χ4n) is 1.02. The Labute approximate surface area is 111 Å². The number of hydrogen-bond acceptors (Lipinski definition) is 2. The Kier molecular flexibility index (Phi) is 4.38. The quantitative estimate of drug-likeness (QED) is 0.729. The van der Waals surface area contributed by atoms with Crippen molar-refractivity contribution in [3.63, 3.8) is 0 Å². The first-order chi connectivity index (χ1) is 7.64. The van der Waals surface area contributed by atoms with E-state index >= 15 is 0 Å². The normalized spacial score (nSPS) is 12.1. The Hall–Kier alpha value is -0.390. The van der Waals surface area contributed by atoms with Crippen molar-refractivity contribution in [1.29, 1.82) is 0 Å². The van der Waals surface area contributed by atoms with Gasteiger partial charge in [0.1, 0.15) is 10.0 Å². The second-order valence-electron chi connectivity index (χ2n) is 3.37. The summed E-state index contributed by atoms with van der Waals surface area (Å²) in [5.41, 5.74) is -1.32. The molecule has 0 aliphatic heterocycles. The maximum Gasteiger partial charge on any atom is 0.435 e. The third-order valence-electron chi connectivity index (χ3n) is 1.62. The van der Waals surface area contributed by atoms with Crippen LogP contribution in [-0.2, 0) is 6.18 Å². The Morgan fingerprint density at radius 2 is 1.65 bits per heavy atom. The molecule has 0 spiro atoms. The zero-order valence-corrected chi connectivity index (χ0v) is 11.0. The van der Waals surface area contributed by atoms with Gasteiger partial charge in [-0.2, -0.15) is 13.2 Å². The van der Waals surface area contributed by atoms with Gasteiger partial charge in [-0.25, -0.2) is 4.98 Å². The molecule has 0 N–H and O–H groups in total. The number of aromatic nitrogens is 1. The zero-order chi connectivity index (χ0) is 13.4. The molecule has 2 nitrogen and oxygen atoms in total. The number of nitrogens with zero attached hydrogens (tertiary/aromatic N) is 1. The fourth-order valence-corrected chi connectivity index (χ4v) is 1.71. The summed E-state index contributed by atoms with van der Waals surface area (Å²) in [6.45, 7) is 3.24. The van der Waals surface area contributed by atoms with E-state index in [1.807, 2.05) is 0 Å². The van der Waals surface area contributed by atoms with Crippen LogP contribution in [0.15, 0.2) is 0 Å². The van der Waals surface area contributed by atoms with Crippen LogP contribution in [0.2, 0.25) is 15.2 Å². The molecule has 0 unspecified atom stereocenters. The third kappa shape index (κ3) is 3.30. The van der Waals surface area contributed by atoms with Gasteiger partial charge < -0.3 is 4.74 Å². The monoisotopic (exact) mass is 307 g/mol. The highest BCUT2D eigenvalue weighted by Gasteiger charge is 2.38. The topological polar surface area (TPSA) is 22.1 Å². The summed E-state index contributed by atoms with van der Waals surface area (Å²) in [7, 11) is 0. The minimum Gasteiger partial charge on any atom is -0.488 e. The highest BCUT2D eigenvalue weighted by molar-refractivity contribution is 6.44. The van der Waals surface area contributed by atoms with E-state index in [9.17, 15) is 13.2 Å². The van der Waals surface area contributed by atoms with Gasteiger partial charge in [0, 0.05) is 0 Å². The summed E-state index contributed by atoms with van der Waals surface area (Å²) in [6, 6.07) is 0. The second kappa shape index (κ2) is 5.08. The summed E-state index contributed by atoms with van der Waals surface area (Å²) in [5, 5.41) is -1.43. The molecule has 0 saturated heterocycles. The number of alkyl halides is 3. The van der Waals surface area contributed by atoms with Gasteiger partial charge in [-0.1, -0.05) is 34.8 Å². The van der Waals surface area contributed by atoms with E-state index in [2.05, 4.69) is 4.98 Å². The maximum atomic E-state index is 12.6. The van der Waals surface area contributed by atoms with Crippen molar-refractivity contribution in [2.45, 2.75) is 26.1 Å². The molecule has 1 aromatic rings. The number of rotatable bonds is 2. The number of pyridine rings is 1. The molecule has 0 amide bonds. The molecule has 0 aliphatic rings. The van der Waals surface area contributed by atoms with Crippen LogP contribution < -0.4 is 4.74 Å². The maximum absolute atomic E-state index is 12.6. The summed E-state index contributed by atoms with van der Waals surface area (Å²) in [5.74, 6) is -0.310. The van der Waals surface area contributed by atoms with Gasteiger partial charge in [0.2, 0.25) is 0 Å². The van der Waals surface area contributed by atoms with Crippen molar-refractivity contribution >= 4 is 34.8 Å². The molecule has 0 aliphatic carbocycles. The molecule has 0 bridgehead atoms. The average Bonchev–Trinajstić information content (AvgIpc) is 2.16. The molecule has 0 fully saturated rings. The lowest BCUT2D eigenvalue weighted by molar-refractivity contribution is -0.141. The highest BCUT2D eigenvalue weighted by atomic mass is 35.5. The smallest absolute Gasteiger partial charge is 0.435 e. The first kappa shape index (κ1) is 14.7. The van der Waals surface area contributed by atoms with E-state index < -0.39 is 28.1 Å². The number of hydrogen-bond donors (Lipinski definition) is 0. The lowest BCUT2D eigenvalue weighted by atomic mass is 10.3. The minimum atomic E-state index is -4.72. The van der Waals surface area contributed by atoms with E-state index in [-0.39, 0.29) is 10.8 Å². The van der Waals surface area contributed by atoms with Crippen LogP contribution in [0, 0.1) is 0 Å². The molecule has 17 heavy (non-hydrogen) atoms. The lowest BCUT2D eigenvalue weighted by Crippen LogP contribution is -2.13. The van der Waals surface area contributed by atoms with Crippen molar-refractivity contribution in [2.75, 3.05) is 0 Å². The van der Waals surface area contributed by atoms with Crippen molar-refractivity contribution < 1.29 is 17.9 Å². The molecule has 0 aromatic carbocycles. The SMILES string of the molecule is CC(C)Oc1c(Cl)c(Cl)nc(C(F)(F)F)c1Cl. The lowest BCUT2D eigenvalue weighted by Gasteiger charge is -2.16. The van der Waals surface area contributed by atoms with Crippen LogP contribution in [0.5, 0.6) is 5.75 Å². The van der Waals surface area contributed by atoms with Crippen LogP contribution in [0.3, 0.4) is 0 Å². The van der Waals surface area contributed by atoms with Crippen LogP contribution in [0.25, 0.3) is 0 Å². The van der Waals surface area contributed by atoms with Crippen LogP contribution >= 0.6 is 34.8 Å². The predicted octanol–water partition coefficient (Wildman–Crippen LogP) is 4.85. The summed E-state index contributed by atoms with van der Waals surface area (Å²) < 4.78 is 42.8. The van der Waals surface area contributed by atoms with Crippen LogP contribution in [0.4, 0.5) is 13.2 Å². The Morgan fingerprint density at radius 3 is 2.06 bits per heavy atom. The predicted molar refractivity (Wildman–Crippen MR) is 60.0 cm³/mol. The number of ether oxygens (including phenoxy) is 1.